The highest BCUT2D eigenvalue weighted by molar-refractivity contribution is 7.90. The van der Waals surface area contributed by atoms with E-state index in [1.807, 2.05) is 25.1 Å². The Bertz CT molecular complexity index is 1860. The number of para-hydroxylation sites is 1. The summed E-state index contributed by atoms with van der Waals surface area (Å²) in [5.74, 6) is -1.49. The number of nitrogens with zero attached hydrogens (tertiary/aromatic N) is 1. The van der Waals surface area contributed by atoms with Crippen molar-refractivity contribution in [3.63, 3.8) is 0 Å². The number of unbranched alkanes of at least 4 members (excludes halogenated alkanes) is 1. The monoisotopic (exact) mass is 685 g/mol. The van der Waals surface area contributed by atoms with Gasteiger partial charge in [-0.15, -0.1) is 0 Å². The second kappa shape index (κ2) is 16.2. The van der Waals surface area contributed by atoms with Crippen LogP contribution in [0.2, 0.25) is 0 Å². The summed E-state index contributed by atoms with van der Waals surface area (Å²) in [6, 6.07) is 28.1. The molecule has 0 saturated heterocycles. The molecule has 1 heterocycles. The van der Waals surface area contributed by atoms with Crippen molar-refractivity contribution in [2.24, 2.45) is 0 Å². The minimum Gasteiger partial charge on any atom is -0.494 e. The molecule has 0 radical (unpaired) electrons. The number of carboxylic acids is 1. The Morgan fingerprint density at radius 3 is 2.35 bits per heavy atom. The van der Waals surface area contributed by atoms with Crippen LogP contribution in [0.15, 0.2) is 102 Å². The number of aliphatic carboxylic acids is 1. The molecule has 0 bridgehead atoms. The molecule has 2 amide bonds. The topological polar surface area (TPSA) is 151 Å². The molecule has 12 heteroatoms. The first kappa shape index (κ1) is 35.0. The molecule has 11 nitrogen and oxygen atoms in total. The van der Waals surface area contributed by atoms with Crippen molar-refractivity contribution >= 4 is 39.2 Å². The van der Waals surface area contributed by atoms with E-state index in [0.29, 0.717) is 23.6 Å². The van der Waals surface area contributed by atoms with Gasteiger partial charge in [-0.05, 0) is 86.7 Å². The Kier molecular flexibility index (Phi) is 11.5. The second-order valence-corrected chi connectivity index (χ2v) is 13.4. The third kappa shape index (κ3) is 9.60. The number of aryl methyl sites for hydroxylation is 2. The number of anilines is 2. The molecule has 0 aliphatic carbocycles. The normalized spacial score (nSPS) is 13.9. The average molecular weight is 686 g/mol. The zero-order valence-electron chi connectivity index (χ0n) is 27.1. The van der Waals surface area contributed by atoms with Crippen LogP contribution in [-0.4, -0.2) is 57.1 Å². The molecule has 0 saturated carbocycles. The summed E-state index contributed by atoms with van der Waals surface area (Å²) >= 11 is 0. The number of ether oxygens (including phenoxy) is 2. The largest absolute Gasteiger partial charge is 0.494 e. The highest BCUT2D eigenvalue weighted by Crippen LogP contribution is 2.40. The van der Waals surface area contributed by atoms with Crippen molar-refractivity contribution in [2.75, 3.05) is 29.9 Å². The van der Waals surface area contributed by atoms with E-state index < -0.39 is 33.9 Å². The fourth-order valence-electron chi connectivity index (χ4n) is 5.38. The van der Waals surface area contributed by atoms with Gasteiger partial charge in [-0.3, -0.25) is 14.4 Å². The van der Waals surface area contributed by atoms with Crippen molar-refractivity contribution in [1.29, 1.82) is 0 Å². The van der Waals surface area contributed by atoms with Crippen molar-refractivity contribution in [3.8, 4) is 11.5 Å². The number of sulfonamides is 1. The molecular formula is C37H39N3O8S. The van der Waals surface area contributed by atoms with E-state index in [2.05, 4.69) is 22.2 Å². The van der Waals surface area contributed by atoms with Crippen molar-refractivity contribution in [1.82, 2.24) is 4.72 Å². The van der Waals surface area contributed by atoms with Crippen LogP contribution in [0.5, 0.6) is 11.5 Å². The molecule has 49 heavy (non-hydrogen) atoms. The van der Waals surface area contributed by atoms with Crippen LogP contribution in [0.25, 0.3) is 0 Å². The zero-order valence-corrected chi connectivity index (χ0v) is 27.9. The van der Waals surface area contributed by atoms with E-state index in [0.717, 1.165) is 24.8 Å². The number of carbonyl (C=O) groups excluding carboxylic acids is 2. The Morgan fingerprint density at radius 1 is 0.898 bits per heavy atom. The van der Waals surface area contributed by atoms with Gasteiger partial charge in [0.05, 0.1) is 29.4 Å². The van der Waals surface area contributed by atoms with E-state index in [-0.39, 0.29) is 42.3 Å². The number of benzene rings is 4. The molecule has 5 rings (SSSR count). The molecule has 4 aromatic rings. The van der Waals surface area contributed by atoms with Crippen LogP contribution in [-0.2, 0) is 26.0 Å². The first-order chi connectivity index (χ1) is 23.6. The quantitative estimate of drug-likeness (QED) is 0.136. The molecule has 0 fully saturated rings. The van der Waals surface area contributed by atoms with Gasteiger partial charge in [-0.25, -0.2) is 13.1 Å². The molecule has 256 valence electrons. The van der Waals surface area contributed by atoms with Gasteiger partial charge in [0.15, 0.2) is 11.9 Å². The van der Waals surface area contributed by atoms with Gasteiger partial charge in [0.1, 0.15) is 5.75 Å². The maximum Gasteiger partial charge on any atom is 0.303 e. The predicted molar refractivity (Wildman–Crippen MR) is 186 cm³/mol. The number of carbonyl (C=O) groups is 3. The van der Waals surface area contributed by atoms with Gasteiger partial charge in [0, 0.05) is 18.5 Å². The van der Waals surface area contributed by atoms with Gasteiger partial charge in [0.2, 0.25) is 0 Å². The molecule has 0 aromatic heterocycles. The van der Waals surface area contributed by atoms with Crippen LogP contribution in [0.3, 0.4) is 0 Å². The molecule has 0 spiro atoms. The average Bonchev–Trinajstić information content (AvgIpc) is 3.09. The Balaban J connectivity index is 1.25. The molecule has 4 aromatic carbocycles. The lowest BCUT2D eigenvalue weighted by molar-refractivity contribution is -0.137. The second-order valence-electron chi connectivity index (χ2n) is 11.8. The fraction of sp³-hybridized carbons (Fsp3) is 0.270. The SMILES string of the molecule is Cc1ccc(S(=O)(=O)NC(=O)C2CN(CCCC(=O)O)c3cccc(NC(=O)c4ccc(OCCCCc5ccccc5)cc4)c3O2)cc1. The first-order valence-electron chi connectivity index (χ1n) is 16.1. The van der Waals surface area contributed by atoms with E-state index in [1.165, 1.54) is 17.7 Å². The highest BCUT2D eigenvalue weighted by atomic mass is 32.2. The van der Waals surface area contributed by atoms with E-state index in [4.69, 9.17) is 9.47 Å². The molecule has 3 N–H and O–H groups in total. The maximum absolute atomic E-state index is 13.3. The molecule has 1 aliphatic heterocycles. The third-order valence-corrected chi connectivity index (χ3v) is 9.36. The Morgan fingerprint density at radius 2 is 1.63 bits per heavy atom. The number of hydrogen-bond donors (Lipinski definition) is 3. The van der Waals surface area contributed by atoms with Crippen LogP contribution in [0, 0.1) is 6.92 Å². The number of hydrogen-bond acceptors (Lipinski definition) is 8. The van der Waals surface area contributed by atoms with E-state index in [9.17, 15) is 27.9 Å². The molecule has 1 aliphatic rings. The molecule has 1 unspecified atom stereocenters. The number of amides is 2. The van der Waals surface area contributed by atoms with E-state index >= 15 is 0 Å². The lowest BCUT2D eigenvalue weighted by Crippen LogP contribution is -2.50. The zero-order chi connectivity index (χ0) is 34.8. The summed E-state index contributed by atoms with van der Waals surface area (Å²) in [6.45, 7) is 2.59. The van der Waals surface area contributed by atoms with E-state index in [1.54, 1.807) is 59.5 Å². The van der Waals surface area contributed by atoms with Crippen LogP contribution >= 0.6 is 0 Å². The highest BCUT2D eigenvalue weighted by Gasteiger charge is 2.34. The predicted octanol–water partition coefficient (Wildman–Crippen LogP) is 5.59. The molecule has 1 atom stereocenters. The van der Waals surface area contributed by atoms with Gasteiger partial charge in [-0.1, -0.05) is 54.1 Å². The number of carboxylic acid groups (broad SMARTS) is 1. The lowest BCUT2D eigenvalue weighted by Gasteiger charge is -2.36. The number of nitrogens with one attached hydrogen (secondary N) is 2. The van der Waals surface area contributed by atoms with Gasteiger partial charge < -0.3 is 24.8 Å². The molecular weight excluding hydrogens is 646 g/mol. The van der Waals surface area contributed by atoms with Crippen LogP contribution in [0.4, 0.5) is 11.4 Å². The van der Waals surface area contributed by atoms with Gasteiger partial charge in [-0.2, -0.15) is 0 Å². The minimum atomic E-state index is -4.19. The summed E-state index contributed by atoms with van der Waals surface area (Å²) < 4.78 is 40.0. The summed E-state index contributed by atoms with van der Waals surface area (Å²) in [5, 5.41) is 12.0. The lowest BCUT2D eigenvalue weighted by atomic mass is 10.1. The van der Waals surface area contributed by atoms with Crippen molar-refractivity contribution < 1.29 is 37.4 Å². The summed E-state index contributed by atoms with van der Waals surface area (Å²) in [7, 11) is -4.19. The van der Waals surface area contributed by atoms with Crippen molar-refractivity contribution in [3.05, 3.63) is 114 Å². The minimum absolute atomic E-state index is 0.0347. The van der Waals surface area contributed by atoms with Crippen molar-refractivity contribution in [2.45, 2.75) is 50.0 Å². The smallest absolute Gasteiger partial charge is 0.303 e. The summed E-state index contributed by atoms with van der Waals surface area (Å²) in [6.07, 6.45) is 1.75. The third-order valence-electron chi connectivity index (χ3n) is 7.99. The van der Waals surface area contributed by atoms with Gasteiger partial charge >= 0.3 is 5.97 Å². The standard InChI is InChI=1S/C37H39N3O8S/c1-26-15-21-30(22-16-26)49(45,46)39-37(44)33-25-40(23-8-14-34(41)42)32-13-7-12-31(35(32)48-33)38-36(43)28-17-19-29(20-18-28)47-24-6-5-11-27-9-3-2-4-10-27/h2-4,7,9-10,12-13,15-22,33H,5-6,8,11,14,23-25H2,1H3,(H,38,43)(H,39,44)(H,41,42). The number of rotatable bonds is 15. The number of fused-ring (bicyclic) bond motifs is 1. The fourth-order valence-corrected chi connectivity index (χ4v) is 6.39. The first-order valence-corrected chi connectivity index (χ1v) is 17.6. The summed E-state index contributed by atoms with van der Waals surface area (Å²) in [4.78, 5) is 39.5. The Labute approximate surface area is 285 Å². The van der Waals surface area contributed by atoms with Gasteiger partial charge in [0.25, 0.3) is 21.8 Å². The summed E-state index contributed by atoms with van der Waals surface area (Å²) in [5.41, 5.74) is 3.31. The van der Waals surface area contributed by atoms with Crippen LogP contribution in [0.1, 0.15) is 47.2 Å². The Hall–Kier alpha value is -5.36. The maximum atomic E-state index is 13.3. The van der Waals surface area contributed by atoms with Crippen LogP contribution < -0.4 is 24.4 Å².